The average molecular weight is 451 g/mol. The lowest BCUT2D eigenvalue weighted by atomic mass is 10.1. The fraction of sp³-hybridized carbons (Fsp3) is 0.261. The van der Waals surface area contributed by atoms with Gasteiger partial charge in [-0.05, 0) is 5.56 Å². The summed E-state index contributed by atoms with van der Waals surface area (Å²) in [5.74, 6) is 0.237. The van der Waals surface area contributed by atoms with Crippen molar-refractivity contribution >= 4 is 23.5 Å². The van der Waals surface area contributed by atoms with Gasteiger partial charge < -0.3 is 19.8 Å². The number of benzene rings is 2. The Morgan fingerprint density at radius 3 is 2.33 bits per heavy atom. The number of nitrogens with zero attached hydrogens (tertiary/aromatic N) is 3. The maximum atomic E-state index is 13.3. The Labute approximate surface area is 191 Å². The number of carbonyl (C=O) groups excluding carboxylic acids is 3. The second kappa shape index (κ2) is 9.21. The second-order valence-electron chi connectivity index (χ2n) is 7.66. The highest BCUT2D eigenvalue weighted by Crippen LogP contribution is 2.28. The molecule has 0 spiro atoms. The third-order valence-electron chi connectivity index (χ3n) is 5.36. The van der Waals surface area contributed by atoms with Crippen LogP contribution in [0.15, 0.2) is 60.4 Å². The number of imide groups is 1. The number of ether oxygens (including phenoxy) is 2. The molecule has 0 radical (unpaired) electrons. The number of hydrogen-bond donors (Lipinski definition) is 2. The van der Waals surface area contributed by atoms with E-state index in [1.54, 1.807) is 36.5 Å². The molecule has 1 atom stereocenters. The molecule has 1 unspecified atom stereocenters. The third kappa shape index (κ3) is 4.60. The molecule has 2 aromatic carbocycles. The first-order valence-corrected chi connectivity index (χ1v) is 10.3. The fourth-order valence-corrected chi connectivity index (χ4v) is 3.79. The summed E-state index contributed by atoms with van der Waals surface area (Å²) in [5.41, 5.74) is 4.72. The van der Waals surface area contributed by atoms with Crippen LogP contribution in [0.3, 0.4) is 0 Å². The number of methoxy groups -OCH3 is 2. The molecule has 1 fully saturated rings. The Kier molecular flexibility index (Phi) is 6.18. The Balaban J connectivity index is 1.56. The molecule has 172 valence electrons. The second-order valence-corrected chi connectivity index (χ2v) is 7.66. The smallest absolute Gasteiger partial charge is 0.331 e. The minimum Gasteiger partial charge on any atom is -0.497 e. The van der Waals surface area contributed by atoms with E-state index in [2.05, 4.69) is 10.7 Å². The van der Waals surface area contributed by atoms with Crippen molar-refractivity contribution in [1.82, 2.24) is 20.2 Å². The van der Waals surface area contributed by atoms with E-state index in [4.69, 9.17) is 9.47 Å². The summed E-state index contributed by atoms with van der Waals surface area (Å²) in [6, 6.07) is 12.9. The van der Waals surface area contributed by atoms with E-state index >= 15 is 0 Å². The molecule has 2 aliphatic rings. The van der Waals surface area contributed by atoms with Gasteiger partial charge in [-0.1, -0.05) is 30.3 Å². The van der Waals surface area contributed by atoms with Crippen molar-refractivity contribution in [1.29, 1.82) is 0 Å². The van der Waals surface area contributed by atoms with E-state index in [1.165, 1.54) is 19.1 Å². The van der Waals surface area contributed by atoms with Crippen LogP contribution in [0.1, 0.15) is 5.56 Å². The first kappa shape index (κ1) is 22.2. The summed E-state index contributed by atoms with van der Waals surface area (Å²) in [4.78, 5) is 41.7. The average Bonchev–Trinajstić information content (AvgIpc) is 3.21. The van der Waals surface area contributed by atoms with Crippen LogP contribution in [0.4, 0.5) is 10.5 Å². The highest BCUT2D eigenvalue weighted by molar-refractivity contribution is 6.05. The summed E-state index contributed by atoms with van der Waals surface area (Å²) in [7, 11) is 4.76. The summed E-state index contributed by atoms with van der Waals surface area (Å²) in [6.07, 6.45) is 1.64. The number of amides is 4. The quantitative estimate of drug-likeness (QED) is 0.661. The molecule has 4 amide bonds. The number of anilines is 1. The molecule has 2 N–H and O–H groups in total. The predicted molar refractivity (Wildman–Crippen MR) is 120 cm³/mol. The van der Waals surface area contributed by atoms with Gasteiger partial charge in [0, 0.05) is 37.1 Å². The molecular weight excluding hydrogens is 426 g/mol. The molecule has 10 nitrogen and oxygen atoms in total. The molecule has 4 rings (SSSR count). The van der Waals surface area contributed by atoms with Crippen LogP contribution in [-0.2, 0) is 16.1 Å². The van der Waals surface area contributed by atoms with Gasteiger partial charge in [-0.2, -0.15) is 0 Å². The molecule has 2 aromatic rings. The van der Waals surface area contributed by atoms with Gasteiger partial charge in [0.2, 0.25) is 5.91 Å². The van der Waals surface area contributed by atoms with Crippen molar-refractivity contribution in [2.24, 2.45) is 0 Å². The maximum Gasteiger partial charge on any atom is 0.331 e. The molecule has 0 saturated carbocycles. The first-order valence-electron chi connectivity index (χ1n) is 10.3. The van der Waals surface area contributed by atoms with E-state index in [0.717, 1.165) is 10.5 Å². The first-order chi connectivity index (χ1) is 15.9. The van der Waals surface area contributed by atoms with Crippen LogP contribution >= 0.6 is 0 Å². The van der Waals surface area contributed by atoms with E-state index < -0.39 is 18.0 Å². The standard InChI is InChI=1S/C23H25N5O5/c1-26-13-19-21(25-26)22(30)28(12-15-7-5-4-6-8-15)23(31)27(19)14-20(29)24-16-9-17(32-2)11-18(10-16)33-3/h4-11,13,21,25H,12,14H2,1-3H3,(H,24,29). The lowest BCUT2D eigenvalue weighted by Gasteiger charge is -2.37. The van der Waals surface area contributed by atoms with Gasteiger partial charge in [-0.25, -0.2) is 10.2 Å². The van der Waals surface area contributed by atoms with Crippen molar-refractivity contribution in [3.8, 4) is 11.5 Å². The number of fused-ring (bicyclic) bond motifs is 1. The number of hydrazine groups is 1. The van der Waals surface area contributed by atoms with Gasteiger partial charge in [0.15, 0.2) is 0 Å². The largest absolute Gasteiger partial charge is 0.497 e. The Bertz CT molecular complexity index is 1080. The number of nitrogens with one attached hydrogen (secondary N) is 2. The molecule has 33 heavy (non-hydrogen) atoms. The van der Waals surface area contributed by atoms with Gasteiger partial charge >= 0.3 is 6.03 Å². The fourth-order valence-electron chi connectivity index (χ4n) is 3.79. The summed E-state index contributed by atoms with van der Waals surface area (Å²) in [5, 5.41) is 4.37. The third-order valence-corrected chi connectivity index (χ3v) is 5.36. The van der Waals surface area contributed by atoms with E-state index in [9.17, 15) is 14.4 Å². The SMILES string of the molecule is COc1cc(NC(=O)CN2C(=O)N(Cc3ccccc3)C(=O)C3NN(C)C=C32)cc(OC)c1. The van der Waals surface area contributed by atoms with Crippen molar-refractivity contribution in [3.63, 3.8) is 0 Å². The number of hydrogen-bond acceptors (Lipinski definition) is 7. The zero-order valence-corrected chi connectivity index (χ0v) is 18.6. The van der Waals surface area contributed by atoms with E-state index in [1.807, 2.05) is 30.3 Å². The van der Waals surface area contributed by atoms with Gasteiger partial charge in [0.05, 0.1) is 26.5 Å². The van der Waals surface area contributed by atoms with Crippen LogP contribution in [0.5, 0.6) is 11.5 Å². The molecule has 0 bridgehead atoms. The molecule has 0 aromatic heterocycles. The van der Waals surface area contributed by atoms with Crippen LogP contribution in [-0.4, -0.2) is 66.5 Å². The highest BCUT2D eigenvalue weighted by Gasteiger charge is 2.46. The molecule has 2 heterocycles. The zero-order chi connectivity index (χ0) is 23.5. The minimum absolute atomic E-state index is 0.110. The zero-order valence-electron chi connectivity index (χ0n) is 18.6. The topological polar surface area (TPSA) is 103 Å². The van der Waals surface area contributed by atoms with Gasteiger partial charge in [0.1, 0.15) is 24.1 Å². The number of rotatable bonds is 7. The van der Waals surface area contributed by atoms with Crippen LogP contribution < -0.4 is 20.2 Å². The molecule has 10 heteroatoms. The van der Waals surface area contributed by atoms with Crippen molar-refractivity contribution in [2.75, 3.05) is 33.1 Å². The molecular formula is C23H25N5O5. The molecule has 0 aliphatic carbocycles. The van der Waals surface area contributed by atoms with E-state index in [0.29, 0.717) is 22.9 Å². The van der Waals surface area contributed by atoms with Crippen LogP contribution in [0.2, 0.25) is 0 Å². The van der Waals surface area contributed by atoms with Crippen molar-refractivity contribution < 1.29 is 23.9 Å². The summed E-state index contributed by atoms with van der Waals surface area (Å²) < 4.78 is 10.5. The van der Waals surface area contributed by atoms with Crippen LogP contribution in [0, 0.1) is 0 Å². The van der Waals surface area contributed by atoms with Crippen molar-refractivity contribution in [3.05, 3.63) is 66.0 Å². The number of carbonyl (C=O) groups is 3. The van der Waals surface area contributed by atoms with Gasteiger partial charge in [0.25, 0.3) is 5.91 Å². The lowest BCUT2D eigenvalue weighted by Crippen LogP contribution is -2.60. The maximum absolute atomic E-state index is 13.3. The minimum atomic E-state index is -0.749. The highest BCUT2D eigenvalue weighted by atomic mass is 16.5. The Morgan fingerprint density at radius 2 is 1.70 bits per heavy atom. The normalized spacial score (nSPS) is 17.6. The van der Waals surface area contributed by atoms with Gasteiger partial charge in [-0.3, -0.25) is 19.4 Å². The summed E-state index contributed by atoms with van der Waals surface area (Å²) >= 11 is 0. The van der Waals surface area contributed by atoms with Gasteiger partial charge in [-0.15, -0.1) is 0 Å². The lowest BCUT2D eigenvalue weighted by molar-refractivity contribution is -0.133. The van der Waals surface area contributed by atoms with Crippen LogP contribution in [0.25, 0.3) is 0 Å². The molecule has 2 aliphatic heterocycles. The van der Waals surface area contributed by atoms with E-state index in [-0.39, 0.29) is 19.0 Å². The van der Waals surface area contributed by atoms with Crippen molar-refractivity contribution in [2.45, 2.75) is 12.6 Å². The molecule has 1 saturated heterocycles. The predicted octanol–water partition coefficient (Wildman–Crippen LogP) is 1.77. The number of urea groups is 1. The summed E-state index contributed by atoms with van der Waals surface area (Å²) in [6.45, 7) is -0.159. The Morgan fingerprint density at radius 1 is 1.03 bits per heavy atom. The monoisotopic (exact) mass is 451 g/mol. The Hall–Kier alpha value is -4.05.